The van der Waals surface area contributed by atoms with Crippen LogP contribution in [0.3, 0.4) is 0 Å². The summed E-state index contributed by atoms with van der Waals surface area (Å²) in [4.78, 5) is 31.3. The van der Waals surface area contributed by atoms with Gasteiger partial charge < -0.3 is 14.2 Å². The van der Waals surface area contributed by atoms with Crippen molar-refractivity contribution in [1.82, 2.24) is 0 Å². The van der Waals surface area contributed by atoms with Crippen LogP contribution in [0, 0.1) is 31.6 Å². The lowest BCUT2D eigenvalue weighted by atomic mass is 10.2. The summed E-state index contributed by atoms with van der Waals surface area (Å²) >= 11 is 23.0. The number of esters is 1. The maximum Gasteiger partial charge on any atom is 0.344 e. The summed E-state index contributed by atoms with van der Waals surface area (Å²) in [5.41, 5.74) is -1.12. The van der Waals surface area contributed by atoms with Crippen molar-refractivity contribution in [2.24, 2.45) is 0 Å². The smallest absolute Gasteiger partial charge is 0.344 e. The lowest BCUT2D eigenvalue weighted by molar-refractivity contribution is -0.385. The standard InChI is InChI=1S/C12H13Cl2NO5.C8H4Cl2N2O3/c1-12(2,3)20-10(16)6-19-11-8(13)4-7(15(17)18)5-9(11)14;9-6-3-5(12(13)14)4-7(10)8(6)15-2-1-11/h4-5H,6H2,1-3H3;3-4H,2H2. The number of hydrogen-bond acceptors (Lipinski definition) is 9. The minimum Gasteiger partial charge on any atom is -0.479 e. The highest BCUT2D eigenvalue weighted by Crippen LogP contribution is 2.37. The predicted molar refractivity (Wildman–Crippen MR) is 129 cm³/mol. The number of hydrogen-bond donors (Lipinski definition) is 0. The second-order valence-electron chi connectivity index (χ2n) is 7.31. The number of carbonyl (C=O) groups is 1. The van der Waals surface area contributed by atoms with Crippen molar-refractivity contribution in [3.63, 3.8) is 0 Å². The Morgan fingerprint density at radius 1 is 0.886 bits per heavy atom. The van der Waals surface area contributed by atoms with E-state index >= 15 is 0 Å². The average Bonchev–Trinajstić information content (AvgIpc) is 2.71. The van der Waals surface area contributed by atoms with Crippen molar-refractivity contribution >= 4 is 63.7 Å². The lowest BCUT2D eigenvalue weighted by Gasteiger charge is -2.19. The fraction of sp³-hybridized carbons (Fsp3) is 0.300. The molecule has 0 spiro atoms. The monoisotopic (exact) mass is 567 g/mol. The van der Waals surface area contributed by atoms with E-state index in [0.717, 1.165) is 24.3 Å². The van der Waals surface area contributed by atoms with E-state index in [1.807, 2.05) is 0 Å². The van der Waals surface area contributed by atoms with Gasteiger partial charge in [-0.15, -0.1) is 0 Å². The van der Waals surface area contributed by atoms with Gasteiger partial charge >= 0.3 is 5.97 Å². The highest BCUT2D eigenvalue weighted by atomic mass is 35.5. The van der Waals surface area contributed by atoms with Crippen LogP contribution in [-0.4, -0.2) is 34.6 Å². The number of halogens is 4. The van der Waals surface area contributed by atoms with E-state index in [-0.39, 0.29) is 49.6 Å². The summed E-state index contributed by atoms with van der Waals surface area (Å²) in [7, 11) is 0. The van der Waals surface area contributed by atoms with Crippen molar-refractivity contribution in [2.75, 3.05) is 13.2 Å². The van der Waals surface area contributed by atoms with Gasteiger partial charge in [0.05, 0.1) is 29.9 Å². The number of nitro benzene ring substituents is 2. The topological polar surface area (TPSA) is 155 Å². The Morgan fingerprint density at radius 2 is 1.26 bits per heavy atom. The molecule has 0 aliphatic carbocycles. The number of rotatable bonds is 7. The summed E-state index contributed by atoms with van der Waals surface area (Å²) in [6, 6.07) is 6.15. The number of carbonyl (C=O) groups excluding carboxylic acids is 1. The minimum atomic E-state index is -0.635. The fourth-order valence-electron chi connectivity index (χ4n) is 2.19. The van der Waals surface area contributed by atoms with Crippen LogP contribution in [0.2, 0.25) is 20.1 Å². The van der Waals surface area contributed by atoms with Gasteiger partial charge in [0, 0.05) is 24.3 Å². The zero-order valence-electron chi connectivity index (χ0n) is 18.3. The molecule has 2 rings (SSSR count). The molecule has 0 aromatic heterocycles. The zero-order valence-corrected chi connectivity index (χ0v) is 21.4. The number of nitro groups is 2. The SMILES string of the molecule is CC(C)(C)OC(=O)COc1c(Cl)cc([N+](=O)[O-])cc1Cl.N#CCOc1c(Cl)cc([N+](=O)[O-])cc1Cl. The predicted octanol–water partition coefficient (Wildman–Crippen LogP) is 6.43. The van der Waals surface area contributed by atoms with E-state index in [9.17, 15) is 25.0 Å². The molecule has 0 radical (unpaired) electrons. The van der Waals surface area contributed by atoms with Crippen molar-refractivity contribution in [2.45, 2.75) is 26.4 Å². The Kier molecular flexibility index (Phi) is 11.3. The van der Waals surface area contributed by atoms with Crippen LogP contribution in [-0.2, 0) is 9.53 Å². The molecule has 35 heavy (non-hydrogen) atoms. The third-order valence-electron chi connectivity index (χ3n) is 3.42. The molecule has 2 aromatic carbocycles. The summed E-state index contributed by atoms with van der Waals surface area (Å²) in [5.74, 6) is -0.515. The number of benzene rings is 2. The van der Waals surface area contributed by atoms with Gasteiger partial charge in [0.15, 0.2) is 24.7 Å². The minimum absolute atomic E-state index is 0.00412. The first kappa shape index (κ1) is 30.0. The molecular weight excluding hydrogens is 552 g/mol. The molecule has 0 bridgehead atoms. The summed E-state index contributed by atoms with van der Waals surface area (Å²) in [6.45, 7) is 4.54. The summed E-state index contributed by atoms with van der Waals surface area (Å²) in [6.07, 6.45) is 0. The van der Waals surface area contributed by atoms with Crippen molar-refractivity contribution < 1.29 is 28.9 Å². The Bertz CT molecular complexity index is 1120. The fourth-order valence-corrected chi connectivity index (χ4v) is 3.36. The molecule has 0 aliphatic rings. The normalized spacial score (nSPS) is 10.3. The Morgan fingerprint density at radius 3 is 1.57 bits per heavy atom. The quantitative estimate of drug-likeness (QED) is 0.208. The highest BCUT2D eigenvalue weighted by molar-refractivity contribution is 6.38. The van der Waals surface area contributed by atoms with Gasteiger partial charge in [-0.1, -0.05) is 46.4 Å². The first-order valence-electron chi connectivity index (χ1n) is 9.27. The molecule has 0 fully saturated rings. The van der Waals surface area contributed by atoms with E-state index in [1.54, 1.807) is 26.8 Å². The molecule has 0 aliphatic heterocycles. The maximum absolute atomic E-state index is 11.5. The van der Waals surface area contributed by atoms with E-state index in [0.29, 0.717) is 0 Å². The zero-order chi connectivity index (χ0) is 26.9. The van der Waals surface area contributed by atoms with Crippen LogP contribution in [0.25, 0.3) is 0 Å². The maximum atomic E-state index is 11.5. The molecule has 2 aromatic rings. The molecule has 0 N–H and O–H groups in total. The second-order valence-corrected chi connectivity index (χ2v) is 8.94. The number of ether oxygens (including phenoxy) is 3. The van der Waals surface area contributed by atoms with Gasteiger partial charge in [-0.05, 0) is 20.8 Å². The van der Waals surface area contributed by atoms with Gasteiger partial charge in [-0.3, -0.25) is 20.2 Å². The van der Waals surface area contributed by atoms with E-state index < -0.39 is 28.0 Å². The van der Waals surface area contributed by atoms with Crippen molar-refractivity contribution in [3.8, 4) is 17.6 Å². The largest absolute Gasteiger partial charge is 0.479 e. The molecule has 0 atom stereocenters. The lowest BCUT2D eigenvalue weighted by Crippen LogP contribution is -2.27. The molecule has 0 amide bonds. The van der Waals surface area contributed by atoms with Crippen LogP contribution >= 0.6 is 46.4 Å². The molecule has 0 saturated carbocycles. The van der Waals surface area contributed by atoms with Crippen LogP contribution < -0.4 is 9.47 Å². The first-order chi connectivity index (χ1) is 16.2. The first-order valence-corrected chi connectivity index (χ1v) is 10.8. The van der Waals surface area contributed by atoms with Gasteiger partial charge in [-0.2, -0.15) is 5.26 Å². The summed E-state index contributed by atoms with van der Waals surface area (Å²) in [5, 5.41) is 29.2. The molecular formula is C20H17Cl4N3O8. The van der Waals surface area contributed by atoms with Crippen molar-refractivity contribution in [1.29, 1.82) is 5.26 Å². The third kappa shape index (κ3) is 10.00. The Labute approximate surface area is 219 Å². The number of non-ortho nitro benzene ring substituents is 2. The molecule has 188 valence electrons. The molecule has 15 heteroatoms. The molecule has 0 unspecified atom stereocenters. The Balaban J connectivity index is 0.000000365. The third-order valence-corrected chi connectivity index (χ3v) is 4.55. The van der Waals surface area contributed by atoms with Crippen LogP contribution in [0.15, 0.2) is 24.3 Å². The van der Waals surface area contributed by atoms with Crippen LogP contribution in [0.4, 0.5) is 11.4 Å². The highest BCUT2D eigenvalue weighted by Gasteiger charge is 2.20. The number of nitriles is 1. The van der Waals surface area contributed by atoms with Gasteiger partial charge in [-0.25, -0.2) is 4.79 Å². The van der Waals surface area contributed by atoms with E-state index in [1.165, 1.54) is 0 Å². The second kappa shape index (κ2) is 13.2. The molecule has 0 heterocycles. The Hall–Kier alpha value is -3.04. The number of nitrogens with zero attached hydrogens (tertiary/aromatic N) is 3. The van der Waals surface area contributed by atoms with Crippen LogP contribution in [0.1, 0.15) is 20.8 Å². The van der Waals surface area contributed by atoms with Gasteiger partial charge in [0.2, 0.25) is 0 Å². The molecule has 0 saturated heterocycles. The van der Waals surface area contributed by atoms with Crippen molar-refractivity contribution in [3.05, 3.63) is 64.6 Å². The van der Waals surface area contributed by atoms with Gasteiger partial charge in [0.1, 0.15) is 11.7 Å². The van der Waals surface area contributed by atoms with Crippen LogP contribution in [0.5, 0.6) is 11.5 Å². The van der Waals surface area contributed by atoms with Gasteiger partial charge in [0.25, 0.3) is 11.4 Å². The molecule has 11 nitrogen and oxygen atoms in total. The van der Waals surface area contributed by atoms with E-state index in [4.69, 9.17) is 65.9 Å². The summed E-state index contributed by atoms with van der Waals surface area (Å²) < 4.78 is 15.1. The van der Waals surface area contributed by atoms with E-state index in [2.05, 4.69) is 0 Å². The average molecular weight is 569 g/mol.